The number of rotatable bonds is 4. The number of aryl methyl sites for hydroxylation is 1. The summed E-state index contributed by atoms with van der Waals surface area (Å²) in [5.74, 6) is -1.37. The molecule has 4 rings (SSSR count). The normalized spacial score (nSPS) is 13.0. The number of nitrogens with one attached hydrogen (secondary N) is 1. The molecule has 0 saturated heterocycles. The van der Waals surface area contributed by atoms with E-state index in [9.17, 15) is 13.6 Å². The van der Waals surface area contributed by atoms with Gasteiger partial charge in [0, 0.05) is 23.7 Å². The zero-order valence-corrected chi connectivity index (χ0v) is 14.2. The van der Waals surface area contributed by atoms with Gasteiger partial charge in [0.2, 0.25) is 0 Å². The highest BCUT2D eigenvalue weighted by Gasteiger charge is 2.23. The average Bonchev–Trinajstić information content (AvgIpc) is 3.06. The monoisotopic (exact) mass is 352 g/mol. The SMILES string of the molecule is O=C(NCCc1cc(F)cc(F)c1)c1c2c(nc3ccccc13)CCC2. The van der Waals surface area contributed by atoms with Gasteiger partial charge in [-0.2, -0.15) is 0 Å². The molecule has 26 heavy (non-hydrogen) atoms. The molecule has 0 aliphatic heterocycles. The van der Waals surface area contributed by atoms with Crippen molar-refractivity contribution in [3.8, 4) is 0 Å². The van der Waals surface area contributed by atoms with Gasteiger partial charge in [-0.25, -0.2) is 8.78 Å². The minimum atomic E-state index is -0.607. The lowest BCUT2D eigenvalue weighted by Gasteiger charge is -2.13. The Balaban J connectivity index is 1.57. The zero-order valence-electron chi connectivity index (χ0n) is 14.2. The van der Waals surface area contributed by atoms with Crippen molar-refractivity contribution in [2.75, 3.05) is 6.54 Å². The summed E-state index contributed by atoms with van der Waals surface area (Å²) in [6.07, 6.45) is 3.11. The molecule has 1 N–H and O–H groups in total. The molecule has 0 fully saturated rings. The Morgan fingerprint density at radius 2 is 1.85 bits per heavy atom. The van der Waals surface area contributed by atoms with Gasteiger partial charge in [0.1, 0.15) is 11.6 Å². The summed E-state index contributed by atoms with van der Waals surface area (Å²) in [5, 5.41) is 3.75. The van der Waals surface area contributed by atoms with E-state index in [2.05, 4.69) is 10.3 Å². The van der Waals surface area contributed by atoms with Crippen molar-refractivity contribution in [1.29, 1.82) is 0 Å². The number of pyridine rings is 1. The maximum atomic E-state index is 13.3. The van der Waals surface area contributed by atoms with E-state index in [0.717, 1.165) is 47.5 Å². The van der Waals surface area contributed by atoms with Gasteiger partial charge in [0.05, 0.1) is 11.1 Å². The van der Waals surface area contributed by atoms with Crippen LogP contribution in [0.2, 0.25) is 0 Å². The van der Waals surface area contributed by atoms with Crippen LogP contribution < -0.4 is 5.32 Å². The molecule has 3 aromatic rings. The quantitative estimate of drug-likeness (QED) is 0.772. The molecule has 0 saturated carbocycles. The third-order valence-electron chi connectivity index (χ3n) is 4.77. The summed E-state index contributed by atoms with van der Waals surface area (Å²) >= 11 is 0. The highest BCUT2D eigenvalue weighted by atomic mass is 19.1. The first-order chi connectivity index (χ1) is 12.6. The molecule has 3 nitrogen and oxygen atoms in total. The van der Waals surface area contributed by atoms with Crippen LogP contribution in [0, 0.1) is 11.6 Å². The molecule has 132 valence electrons. The minimum absolute atomic E-state index is 0.154. The van der Waals surface area contributed by atoms with Gasteiger partial charge in [-0.1, -0.05) is 18.2 Å². The molecule has 5 heteroatoms. The maximum Gasteiger partial charge on any atom is 0.252 e. The van der Waals surface area contributed by atoms with Crippen molar-refractivity contribution in [1.82, 2.24) is 10.3 Å². The molecule has 1 aromatic heterocycles. The van der Waals surface area contributed by atoms with Crippen LogP contribution in [0.1, 0.15) is 33.6 Å². The van der Waals surface area contributed by atoms with E-state index < -0.39 is 11.6 Å². The van der Waals surface area contributed by atoms with Crippen LogP contribution in [-0.2, 0) is 19.3 Å². The van der Waals surface area contributed by atoms with Crippen LogP contribution in [0.15, 0.2) is 42.5 Å². The van der Waals surface area contributed by atoms with Gasteiger partial charge in [-0.05, 0) is 55.0 Å². The second-order valence-corrected chi connectivity index (χ2v) is 6.57. The van der Waals surface area contributed by atoms with E-state index in [-0.39, 0.29) is 5.91 Å². The molecular formula is C21H18F2N2O. The van der Waals surface area contributed by atoms with E-state index in [1.54, 1.807) is 0 Å². The Morgan fingerprint density at radius 1 is 1.08 bits per heavy atom. The van der Waals surface area contributed by atoms with Gasteiger partial charge in [-0.3, -0.25) is 9.78 Å². The van der Waals surface area contributed by atoms with Crippen LogP contribution in [0.4, 0.5) is 8.78 Å². The van der Waals surface area contributed by atoms with E-state index in [1.807, 2.05) is 24.3 Å². The molecule has 0 atom stereocenters. The number of fused-ring (bicyclic) bond motifs is 2. The molecular weight excluding hydrogens is 334 g/mol. The Labute approximate surface area is 150 Å². The number of aromatic nitrogens is 1. The predicted molar refractivity (Wildman–Crippen MR) is 96.2 cm³/mol. The standard InChI is InChI=1S/C21H18F2N2O/c22-14-10-13(11-15(23)12-14)8-9-24-21(26)20-16-4-1-2-6-18(16)25-19-7-3-5-17(19)20/h1-2,4,6,10-12H,3,5,7-9H2,(H,24,26). The smallest absolute Gasteiger partial charge is 0.252 e. The molecule has 1 amide bonds. The van der Waals surface area contributed by atoms with Crippen molar-refractivity contribution < 1.29 is 13.6 Å². The lowest BCUT2D eigenvalue weighted by molar-refractivity contribution is 0.0955. The lowest BCUT2D eigenvalue weighted by atomic mass is 10.0. The fourth-order valence-corrected chi connectivity index (χ4v) is 3.63. The number of carbonyl (C=O) groups excluding carboxylic acids is 1. The minimum Gasteiger partial charge on any atom is -0.352 e. The summed E-state index contributed by atoms with van der Waals surface area (Å²) < 4.78 is 26.5. The molecule has 0 bridgehead atoms. The lowest BCUT2D eigenvalue weighted by Crippen LogP contribution is -2.27. The maximum absolute atomic E-state index is 13.3. The number of carbonyl (C=O) groups is 1. The van der Waals surface area contributed by atoms with E-state index in [4.69, 9.17) is 0 Å². The first-order valence-electron chi connectivity index (χ1n) is 8.75. The number of nitrogens with zero attached hydrogens (tertiary/aromatic N) is 1. The summed E-state index contributed by atoms with van der Waals surface area (Å²) in [6, 6.07) is 11.1. The number of hydrogen-bond acceptors (Lipinski definition) is 2. The van der Waals surface area contributed by atoms with E-state index >= 15 is 0 Å². The third-order valence-corrected chi connectivity index (χ3v) is 4.77. The van der Waals surface area contributed by atoms with Crippen LogP contribution in [0.3, 0.4) is 0 Å². The first kappa shape index (κ1) is 16.6. The van der Waals surface area contributed by atoms with Gasteiger partial charge < -0.3 is 5.32 Å². The largest absolute Gasteiger partial charge is 0.352 e. The second-order valence-electron chi connectivity index (χ2n) is 6.57. The number of benzene rings is 2. The molecule has 1 aliphatic rings. The first-order valence-corrected chi connectivity index (χ1v) is 8.75. The Morgan fingerprint density at radius 3 is 2.65 bits per heavy atom. The highest BCUT2D eigenvalue weighted by Crippen LogP contribution is 2.29. The number of halogens is 2. The van der Waals surface area contributed by atoms with Crippen LogP contribution in [-0.4, -0.2) is 17.4 Å². The Kier molecular flexibility index (Phi) is 4.37. The van der Waals surface area contributed by atoms with Gasteiger partial charge in [0.25, 0.3) is 5.91 Å². The summed E-state index contributed by atoms with van der Waals surface area (Å²) in [5.41, 5.74) is 4.06. The molecule has 1 heterocycles. The summed E-state index contributed by atoms with van der Waals surface area (Å²) in [6.45, 7) is 0.313. The van der Waals surface area contributed by atoms with Gasteiger partial charge in [0.15, 0.2) is 0 Å². The molecule has 0 unspecified atom stereocenters. The fraction of sp³-hybridized carbons (Fsp3) is 0.238. The molecule has 2 aromatic carbocycles. The van der Waals surface area contributed by atoms with Crippen molar-refractivity contribution in [2.45, 2.75) is 25.7 Å². The van der Waals surface area contributed by atoms with Crippen molar-refractivity contribution in [3.05, 3.63) is 76.5 Å². The summed E-state index contributed by atoms with van der Waals surface area (Å²) in [4.78, 5) is 17.5. The average molecular weight is 352 g/mol. The fourth-order valence-electron chi connectivity index (χ4n) is 3.63. The number of para-hydroxylation sites is 1. The van der Waals surface area contributed by atoms with Crippen LogP contribution in [0.25, 0.3) is 10.9 Å². The van der Waals surface area contributed by atoms with Crippen molar-refractivity contribution >= 4 is 16.8 Å². The predicted octanol–water partition coefficient (Wildman–Crippen LogP) is 3.97. The number of amides is 1. The van der Waals surface area contributed by atoms with E-state index in [1.165, 1.54) is 12.1 Å². The zero-order chi connectivity index (χ0) is 18.1. The Bertz CT molecular complexity index is 980. The third kappa shape index (κ3) is 3.17. The van der Waals surface area contributed by atoms with Gasteiger partial charge in [-0.15, -0.1) is 0 Å². The Hall–Kier alpha value is -2.82. The molecule has 0 radical (unpaired) electrons. The topological polar surface area (TPSA) is 42.0 Å². The van der Waals surface area contributed by atoms with Crippen molar-refractivity contribution in [3.63, 3.8) is 0 Å². The number of hydrogen-bond donors (Lipinski definition) is 1. The van der Waals surface area contributed by atoms with Crippen LogP contribution in [0.5, 0.6) is 0 Å². The van der Waals surface area contributed by atoms with Crippen molar-refractivity contribution in [2.24, 2.45) is 0 Å². The molecule has 0 spiro atoms. The second kappa shape index (κ2) is 6.83. The molecule has 1 aliphatic carbocycles. The van der Waals surface area contributed by atoms with Gasteiger partial charge >= 0.3 is 0 Å². The van der Waals surface area contributed by atoms with E-state index in [0.29, 0.717) is 24.1 Å². The van der Waals surface area contributed by atoms with Crippen LogP contribution >= 0.6 is 0 Å². The highest BCUT2D eigenvalue weighted by molar-refractivity contribution is 6.07. The summed E-state index contributed by atoms with van der Waals surface area (Å²) in [7, 11) is 0.